The van der Waals surface area contributed by atoms with Crippen LogP contribution in [0.4, 0.5) is 0 Å². The molecule has 2 heterocycles. The molecule has 3 N–H and O–H groups in total. The van der Waals surface area contributed by atoms with Crippen LogP contribution in [-0.4, -0.2) is 42.0 Å². The van der Waals surface area contributed by atoms with E-state index in [1.807, 2.05) is 0 Å². The summed E-state index contributed by atoms with van der Waals surface area (Å²) in [7, 11) is 0. The van der Waals surface area contributed by atoms with E-state index in [0.717, 1.165) is 25.8 Å². The molecular formula is C12H23N3O. The molecule has 0 aromatic heterocycles. The van der Waals surface area contributed by atoms with Crippen molar-refractivity contribution in [1.82, 2.24) is 10.2 Å². The lowest BCUT2D eigenvalue weighted by atomic mass is 10.1. The van der Waals surface area contributed by atoms with Gasteiger partial charge in [0, 0.05) is 18.6 Å². The summed E-state index contributed by atoms with van der Waals surface area (Å²) in [5.41, 5.74) is 5.82. The van der Waals surface area contributed by atoms with Crippen LogP contribution in [0.3, 0.4) is 0 Å². The number of carbonyl (C=O) groups excluding carboxylic acids is 1. The first-order chi connectivity index (χ1) is 7.72. The molecule has 0 aromatic carbocycles. The monoisotopic (exact) mass is 225 g/mol. The van der Waals surface area contributed by atoms with Gasteiger partial charge in [-0.05, 0) is 32.2 Å². The van der Waals surface area contributed by atoms with Crippen molar-refractivity contribution in [2.45, 2.75) is 57.2 Å². The molecule has 0 bridgehead atoms. The summed E-state index contributed by atoms with van der Waals surface area (Å²) >= 11 is 0. The summed E-state index contributed by atoms with van der Waals surface area (Å²) in [4.78, 5) is 14.3. The molecule has 16 heavy (non-hydrogen) atoms. The fourth-order valence-corrected chi connectivity index (χ4v) is 2.98. The Morgan fingerprint density at radius 2 is 2.31 bits per heavy atom. The van der Waals surface area contributed by atoms with Crippen molar-refractivity contribution in [1.29, 1.82) is 0 Å². The van der Waals surface area contributed by atoms with Gasteiger partial charge in [0.25, 0.3) is 0 Å². The van der Waals surface area contributed by atoms with Crippen LogP contribution in [0.25, 0.3) is 0 Å². The van der Waals surface area contributed by atoms with Gasteiger partial charge in [0.05, 0.1) is 6.04 Å². The van der Waals surface area contributed by atoms with Crippen LogP contribution in [0.15, 0.2) is 0 Å². The fourth-order valence-electron chi connectivity index (χ4n) is 2.98. The molecule has 2 aliphatic heterocycles. The lowest BCUT2D eigenvalue weighted by molar-refractivity contribution is -0.123. The second kappa shape index (κ2) is 5.15. The Bertz CT molecular complexity index is 257. The van der Waals surface area contributed by atoms with Gasteiger partial charge in [0.2, 0.25) is 5.91 Å². The zero-order chi connectivity index (χ0) is 11.5. The molecule has 2 fully saturated rings. The molecule has 4 heteroatoms. The minimum atomic E-state index is -0.319. The van der Waals surface area contributed by atoms with Crippen molar-refractivity contribution >= 4 is 5.91 Å². The van der Waals surface area contributed by atoms with Crippen LogP contribution in [0.2, 0.25) is 0 Å². The van der Waals surface area contributed by atoms with Gasteiger partial charge < -0.3 is 11.1 Å². The molecule has 3 atom stereocenters. The third-order valence-electron chi connectivity index (χ3n) is 3.87. The maximum atomic E-state index is 11.8. The Kier molecular flexibility index (Phi) is 3.82. The van der Waals surface area contributed by atoms with Crippen LogP contribution in [0, 0.1) is 0 Å². The predicted octanol–water partition coefficient (Wildman–Crippen LogP) is 0.467. The summed E-state index contributed by atoms with van der Waals surface area (Å²) in [6.07, 6.45) is 5.35. The maximum absolute atomic E-state index is 11.8. The number of rotatable bonds is 4. The zero-order valence-electron chi connectivity index (χ0n) is 10.1. The van der Waals surface area contributed by atoms with Gasteiger partial charge in [-0.3, -0.25) is 9.69 Å². The third kappa shape index (κ3) is 2.38. The number of nitrogens with one attached hydrogen (secondary N) is 1. The molecule has 2 rings (SSSR count). The topological polar surface area (TPSA) is 58.4 Å². The van der Waals surface area contributed by atoms with E-state index in [4.69, 9.17) is 5.73 Å². The summed E-state index contributed by atoms with van der Waals surface area (Å²) < 4.78 is 0. The summed E-state index contributed by atoms with van der Waals surface area (Å²) in [6.45, 7) is 4.40. The molecule has 2 unspecified atom stereocenters. The first-order valence-corrected chi connectivity index (χ1v) is 6.52. The van der Waals surface area contributed by atoms with Crippen molar-refractivity contribution in [3.8, 4) is 0 Å². The molecule has 0 saturated carbocycles. The van der Waals surface area contributed by atoms with Gasteiger partial charge in [-0.25, -0.2) is 0 Å². The number of nitrogens with zero attached hydrogens (tertiary/aromatic N) is 1. The van der Waals surface area contributed by atoms with Gasteiger partial charge in [0.15, 0.2) is 0 Å². The number of hydrogen-bond donors (Lipinski definition) is 2. The third-order valence-corrected chi connectivity index (χ3v) is 3.87. The Hall–Kier alpha value is -0.610. The lowest BCUT2D eigenvalue weighted by Gasteiger charge is -2.22. The van der Waals surface area contributed by atoms with E-state index in [2.05, 4.69) is 17.1 Å². The highest BCUT2D eigenvalue weighted by atomic mass is 16.2. The zero-order valence-corrected chi connectivity index (χ0v) is 10.1. The SMILES string of the molecule is CCC[C@@H](N)C(=O)NC1CCN2CCCC12. The van der Waals surface area contributed by atoms with Gasteiger partial charge in [-0.1, -0.05) is 13.3 Å². The molecule has 0 aromatic rings. The lowest BCUT2D eigenvalue weighted by Crippen LogP contribution is -2.48. The summed E-state index contributed by atoms with van der Waals surface area (Å²) in [5, 5.41) is 3.13. The molecule has 2 aliphatic rings. The molecule has 0 spiro atoms. The van der Waals surface area contributed by atoms with E-state index in [0.29, 0.717) is 12.1 Å². The number of fused-ring (bicyclic) bond motifs is 1. The highest BCUT2D eigenvalue weighted by Gasteiger charge is 2.38. The summed E-state index contributed by atoms with van der Waals surface area (Å²) in [6, 6.07) is 0.608. The van der Waals surface area contributed by atoms with Crippen molar-refractivity contribution in [2.24, 2.45) is 5.73 Å². The van der Waals surface area contributed by atoms with E-state index in [1.54, 1.807) is 0 Å². The molecule has 2 saturated heterocycles. The van der Waals surface area contributed by atoms with Crippen molar-refractivity contribution in [2.75, 3.05) is 13.1 Å². The van der Waals surface area contributed by atoms with Crippen LogP contribution in [0.5, 0.6) is 0 Å². The van der Waals surface area contributed by atoms with Crippen LogP contribution < -0.4 is 11.1 Å². The largest absolute Gasteiger partial charge is 0.350 e. The van der Waals surface area contributed by atoms with E-state index in [9.17, 15) is 4.79 Å². The highest BCUT2D eigenvalue weighted by Crippen LogP contribution is 2.27. The molecule has 4 nitrogen and oxygen atoms in total. The Morgan fingerprint density at radius 1 is 1.50 bits per heavy atom. The minimum absolute atomic E-state index is 0.0422. The van der Waals surface area contributed by atoms with Gasteiger partial charge in [0.1, 0.15) is 0 Å². The van der Waals surface area contributed by atoms with Gasteiger partial charge >= 0.3 is 0 Å². The van der Waals surface area contributed by atoms with E-state index < -0.39 is 0 Å². The standard InChI is InChI=1S/C12H23N3O/c1-2-4-9(13)12(16)14-10-6-8-15-7-3-5-11(10)15/h9-11H,2-8,13H2,1H3,(H,14,16)/t9-,10?,11?/m1/s1. The van der Waals surface area contributed by atoms with Crippen LogP contribution >= 0.6 is 0 Å². The van der Waals surface area contributed by atoms with E-state index in [1.165, 1.54) is 19.4 Å². The Morgan fingerprint density at radius 3 is 3.06 bits per heavy atom. The average Bonchev–Trinajstić information content (AvgIpc) is 2.83. The minimum Gasteiger partial charge on any atom is -0.350 e. The Labute approximate surface area is 97.6 Å². The van der Waals surface area contributed by atoms with Crippen molar-refractivity contribution in [3.63, 3.8) is 0 Å². The quantitative estimate of drug-likeness (QED) is 0.731. The first-order valence-electron chi connectivity index (χ1n) is 6.52. The fraction of sp³-hybridized carbons (Fsp3) is 0.917. The van der Waals surface area contributed by atoms with Crippen molar-refractivity contribution in [3.05, 3.63) is 0 Å². The molecule has 92 valence electrons. The predicted molar refractivity (Wildman–Crippen MR) is 64.0 cm³/mol. The normalized spacial score (nSPS) is 31.4. The number of carbonyl (C=O) groups is 1. The number of amides is 1. The maximum Gasteiger partial charge on any atom is 0.237 e. The summed E-state index contributed by atoms with van der Waals surface area (Å²) in [5.74, 6) is 0.0422. The highest BCUT2D eigenvalue weighted by molar-refractivity contribution is 5.81. The number of nitrogens with two attached hydrogens (primary N) is 1. The van der Waals surface area contributed by atoms with Crippen LogP contribution in [-0.2, 0) is 4.79 Å². The first kappa shape index (κ1) is 11.9. The van der Waals surface area contributed by atoms with Gasteiger partial charge in [-0.2, -0.15) is 0 Å². The molecule has 0 radical (unpaired) electrons. The molecule has 0 aliphatic carbocycles. The number of hydrogen-bond acceptors (Lipinski definition) is 3. The average molecular weight is 225 g/mol. The van der Waals surface area contributed by atoms with E-state index in [-0.39, 0.29) is 11.9 Å². The van der Waals surface area contributed by atoms with Crippen molar-refractivity contribution < 1.29 is 4.79 Å². The second-order valence-corrected chi connectivity index (χ2v) is 5.04. The Balaban J connectivity index is 1.83. The molecule has 1 amide bonds. The van der Waals surface area contributed by atoms with E-state index >= 15 is 0 Å². The van der Waals surface area contributed by atoms with Gasteiger partial charge in [-0.15, -0.1) is 0 Å². The molecular weight excluding hydrogens is 202 g/mol. The smallest absolute Gasteiger partial charge is 0.237 e. The van der Waals surface area contributed by atoms with Crippen LogP contribution in [0.1, 0.15) is 39.0 Å². The second-order valence-electron chi connectivity index (χ2n) is 5.04.